The van der Waals surface area contributed by atoms with Gasteiger partial charge in [-0.25, -0.2) is 0 Å². The van der Waals surface area contributed by atoms with Gasteiger partial charge in [0.15, 0.2) is 0 Å². The van der Waals surface area contributed by atoms with E-state index >= 15 is 0 Å². The predicted molar refractivity (Wildman–Crippen MR) is 84.3 cm³/mol. The fraction of sp³-hybridized carbons (Fsp3) is 0.529. The zero-order chi connectivity index (χ0) is 16.4. The number of aliphatic hydroxyl groups is 1. The van der Waals surface area contributed by atoms with Crippen molar-refractivity contribution in [1.29, 1.82) is 0 Å². The molecule has 0 aromatic heterocycles. The maximum absolute atomic E-state index is 12.5. The van der Waals surface area contributed by atoms with Gasteiger partial charge in [0.1, 0.15) is 0 Å². The molecular formula is C17H25NO4. The summed E-state index contributed by atoms with van der Waals surface area (Å²) in [7, 11) is 0. The van der Waals surface area contributed by atoms with Gasteiger partial charge in [0, 0.05) is 6.54 Å². The Balaban J connectivity index is 2.71. The molecule has 0 spiro atoms. The van der Waals surface area contributed by atoms with Crippen molar-refractivity contribution in [2.24, 2.45) is 0 Å². The summed E-state index contributed by atoms with van der Waals surface area (Å²) in [6, 6.07) is 9.17. The molecule has 1 N–H and O–H groups in total. The molecule has 5 heteroatoms. The van der Waals surface area contributed by atoms with Crippen LogP contribution in [-0.2, 0) is 20.7 Å². The third-order valence-corrected chi connectivity index (χ3v) is 3.50. The Kier molecular flexibility index (Phi) is 8.22. The molecule has 1 aromatic carbocycles. The van der Waals surface area contributed by atoms with Gasteiger partial charge in [0.2, 0.25) is 5.91 Å². The van der Waals surface area contributed by atoms with E-state index in [2.05, 4.69) is 0 Å². The van der Waals surface area contributed by atoms with Crippen molar-refractivity contribution in [1.82, 2.24) is 4.90 Å². The molecule has 5 nitrogen and oxygen atoms in total. The van der Waals surface area contributed by atoms with Crippen molar-refractivity contribution < 1.29 is 19.4 Å². The van der Waals surface area contributed by atoms with E-state index in [0.717, 1.165) is 5.56 Å². The molecule has 1 rings (SSSR count). The zero-order valence-electron chi connectivity index (χ0n) is 13.3. The van der Waals surface area contributed by atoms with Crippen LogP contribution in [0.15, 0.2) is 30.3 Å². The van der Waals surface area contributed by atoms with Gasteiger partial charge in [-0.05, 0) is 18.9 Å². The molecule has 0 bridgehead atoms. The third-order valence-electron chi connectivity index (χ3n) is 3.50. The number of hydrogen-bond acceptors (Lipinski definition) is 4. The van der Waals surface area contributed by atoms with Crippen LogP contribution in [0.2, 0.25) is 0 Å². The molecule has 0 saturated carbocycles. The summed E-state index contributed by atoms with van der Waals surface area (Å²) < 4.78 is 4.90. The first-order chi connectivity index (χ1) is 10.6. The number of carbonyl (C=O) groups excluding carboxylic acids is 2. The van der Waals surface area contributed by atoms with Gasteiger partial charge in [-0.3, -0.25) is 9.59 Å². The lowest BCUT2D eigenvalue weighted by Crippen LogP contribution is -2.44. The second-order valence-electron chi connectivity index (χ2n) is 5.05. The van der Waals surface area contributed by atoms with Crippen LogP contribution >= 0.6 is 0 Å². The topological polar surface area (TPSA) is 66.8 Å². The smallest absolute Gasteiger partial charge is 0.307 e. The normalized spacial score (nSPS) is 11.8. The molecule has 0 aliphatic heterocycles. The summed E-state index contributed by atoms with van der Waals surface area (Å²) in [6.45, 7) is 4.14. The van der Waals surface area contributed by atoms with Crippen molar-refractivity contribution in [2.75, 3.05) is 19.8 Å². The van der Waals surface area contributed by atoms with Gasteiger partial charge in [-0.1, -0.05) is 37.3 Å². The highest BCUT2D eigenvalue weighted by molar-refractivity contribution is 5.80. The molecule has 0 fully saturated rings. The number of benzene rings is 1. The van der Waals surface area contributed by atoms with Crippen LogP contribution in [0.5, 0.6) is 0 Å². The van der Waals surface area contributed by atoms with E-state index in [9.17, 15) is 14.7 Å². The average Bonchev–Trinajstić information content (AvgIpc) is 2.52. The van der Waals surface area contributed by atoms with Crippen LogP contribution in [0.1, 0.15) is 32.3 Å². The predicted octanol–water partition coefficient (Wildman–Crippen LogP) is 1.78. The van der Waals surface area contributed by atoms with Crippen LogP contribution in [0.3, 0.4) is 0 Å². The Morgan fingerprint density at radius 3 is 2.45 bits per heavy atom. The van der Waals surface area contributed by atoms with Gasteiger partial charge in [-0.15, -0.1) is 0 Å². The largest absolute Gasteiger partial charge is 0.466 e. The third kappa shape index (κ3) is 5.85. The van der Waals surface area contributed by atoms with E-state index in [4.69, 9.17) is 4.74 Å². The van der Waals surface area contributed by atoms with E-state index in [1.165, 1.54) is 0 Å². The number of amides is 1. The lowest BCUT2D eigenvalue weighted by molar-refractivity contribution is -0.144. The minimum atomic E-state index is -0.326. The van der Waals surface area contributed by atoms with Crippen LogP contribution in [0.4, 0.5) is 0 Å². The van der Waals surface area contributed by atoms with Crippen molar-refractivity contribution in [3.05, 3.63) is 35.9 Å². The van der Waals surface area contributed by atoms with Crippen LogP contribution < -0.4 is 0 Å². The van der Waals surface area contributed by atoms with Gasteiger partial charge in [0.25, 0.3) is 0 Å². The minimum Gasteiger partial charge on any atom is -0.466 e. The number of aliphatic hydroxyl groups excluding tert-OH is 1. The Labute approximate surface area is 131 Å². The van der Waals surface area contributed by atoms with Crippen molar-refractivity contribution >= 4 is 11.9 Å². The van der Waals surface area contributed by atoms with Gasteiger partial charge >= 0.3 is 5.97 Å². The molecular weight excluding hydrogens is 282 g/mol. The molecule has 122 valence electrons. The van der Waals surface area contributed by atoms with Gasteiger partial charge in [0.05, 0.1) is 32.1 Å². The summed E-state index contributed by atoms with van der Waals surface area (Å²) in [5, 5.41) is 9.47. The number of carbonyl (C=O) groups is 2. The van der Waals surface area contributed by atoms with Crippen molar-refractivity contribution in [2.45, 2.75) is 39.2 Å². The summed E-state index contributed by atoms with van der Waals surface area (Å²) in [5.41, 5.74) is 0.918. The standard InChI is InChI=1S/C17H25NO4/c1-3-15(13-19)18(11-10-17(21)22-4-2)16(20)12-14-8-6-5-7-9-14/h5-9,15,19H,3-4,10-13H2,1-2H3. The molecule has 0 saturated heterocycles. The SMILES string of the molecule is CCOC(=O)CCN(C(=O)Cc1ccccc1)C(CC)CO. The number of esters is 1. The Morgan fingerprint density at radius 1 is 1.23 bits per heavy atom. The number of nitrogens with zero attached hydrogens (tertiary/aromatic N) is 1. The molecule has 0 aliphatic rings. The number of rotatable bonds is 9. The highest BCUT2D eigenvalue weighted by Crippen LogP contribution is 2.10. The molecule has 0 heterocycles. The zero-order valence-corrected chi connectivity index (χ0v) is 13.3. The Bertz CT molecular complexity index is 457. The average molecular weight is 307 g/mol. The fourth-order valence-electron chi connectivity index (χ4n) is 2.28. The van der Waals surface area contributed by atoms with E-state index in [0.29, 0.717) is 13.0 Å². The first-order valence-electron chi connectivity index (χ1n) is 7.72. The maximum Gasteiger partial charge on any atom is 0.307 e. The van der Waals surface area contributed by atoms with Crippen LogP contribution in [0, 0.1) is 0 Å². The first-order valence-corrected chi connectivity index (χ1v) is 7.72. The monoisotopic (exact) mass is 307 g/mol. The van der Waals surface area contributed by atoms with Gasteiger partial charge < -0.3 is 14.7 Å². The molecule has 1 atom stereocenters. The summed E-state index contributed by atoms with van der Waals surface area (Å²) in [5.74, 6) is -0.413. The lowest BCUT2D eigenvalue weighted by atomic mass is 10.1. The quantitative estimate of drug-likeness (QED) is 0.706. The highest BCUT2D eigenvalue weighted by Gasteiger charge is 2.22. The van der Waals surface area contributed by atoms with Crippen LogP contribution in [0.25, 0.3) is 0 Å². The maximum atomic E-state index is 12.5. The van der Waals surface area contributed by atoms with Gasteiger partial charge in [-0.2, -0.15) is 0 Å². The summed E-state index contributed by atoms with van der Waals surface area (Å²) in [4.78, 5) is 25.6. The summed E-state index contributed by atoms with van der Waals surface area (Å²) in [6.07, 6.45) is 1.05. The fourth-order valence-corrected chi connectivity index (χ4v) is 2.28. The number of ether oxygens (including phenoxy) is 1. The molecule has 0 radical (unpaired) electrons. The number of hydrogen-bond donors (Lipinski definition) is 1. The molecule has 1 unspecified atom stereocenters. The Morgan fingerprint density at radius 2 is 1.91 bits per heavy atom. The molecule has 22 heavy (non-hydrogen) atoms. The van der Waals surface area contributed by atoms with Crippen molar-refractivity contribution in [3.8, 4) is 0 Å². The van der Waals surface area contributed by atoms with E-state index in [1.54, 1.807) is 11.8 Å². The highest BCUT2D eigenvalue weighted by atomic mass is 16.5. The van der Waals surface area contributed by atoms with E-state index in [-0.39, 0.29) is 43.9 Å². The lowest BCUT2D eigenvalue weighted by Gasteiger charge is -2.30. The molecule has 1 amide bonds. The Hall–Kier alpha value is -1.88. The first kappa shape index (κ1) is 18.2. The van der Waals surface area contributed by atoms with Crippen LogP contribution in [-0.4, -0.2) is 47.7 Å². The molecule has 1 aromatic rings. The van der Waals surface area contributed by atoms with Crippen molar-refractivity contribution in [3.63, 3.8) is 0 Å². The molecule has 0 aliphatic carbocycles. The minimum absolute atomic E-state index is 0.0867. The second kappa shape index (κ2) is 9.95. The van der Waals surface area contributed by atoms with E-state index in [1.807, 2.05) is 37.3 Å². The summed E-state index contributed by atoms with van der Waals surface area (Å²) >= 11 is 0. The van der Waals surface area contributed by atoms with E-state index < -0.39 is 0 Å². The second-order valence-corrected chi connectivity index (χ2v) is 5.05.